The van der Waals surface area contributed by atoms with Gasteiger partial charge in [-0.05, 0) is 62.9 Å². The number of carbonyl (C=O) groups excluding carboxylic acids is 1. The molecule has 3 rings (SSSR count). The van der Waals surface area contributed by atoms with Gasteiger partial charge in [0.1, 0.15) is 0 Å². The Kier molecular flexibility index (Phi) is 4.08. The quantitative estimate of drug-likeness (QED) is 0.614. The van der Waals surface area contributed by atoms with Crippen molar-refractivity contribution in [3.8, 4) is 0 Å². The summed E-state index contributed by atoms with van der Waals surface area (Å²) in [5.74, 6) is 0. The molecule has 0 spiro atoms. The van der Waals surface area contributed by atoms with Crippen molar-refractivity contribution in [1.29, 1.82) is 0 Å². The molecule has 0 fully saturated rings. The van der Waals surface area contributed by atoms with Crippen molar-refractivity contribution in [2.24, 2.45) is 0 Å². The minimum Gasteiger partial charge on any atom is -0.297 e. The van der Waals surface area contributed by atoms with E-state index >= 15 is 0 Å². The van der Waals surface area contributed by atoms with Gasteiger partial charge in [0, 0.05) is 5.56 Å². The third-order valence-electron chi connectivity index (χ3n) is 5.30. The summed E-state index contributed by atoms with van der Waals surface area (Å²) >= 11 is 1.49. The Bertz CT molecular complexity index is 815. The SMILES string of the molecule is C=C(c1ccsc1C=O)c1cc(C(C)(C)C)cc2c1CCC2(C)C. The van der Waals surface area contributed by atoms with Crippen LogP contribution >= 0.6 is 11.3 Å². The maximum Gasteiger partial charge on any atom is 0.160 e. The molecule has 1 aliphatic rings. The van der Waals surface area contributed by atoms with Gasteiger partial charge in [0.2, 0.25) is 0 Å². The summed E-state index contributed by atoms with van der Waals surface area (Å²) in [6.45, 7) is 15.8. The van der Waals surface area contributed by atoms with Crippen molar-refractivity contribution in [3.05, 3.63) is 62.9 Å². The van der Waals surface area contributed by atoms with Crippen LogP contribution in [0.15, 0.2) is 30.2 Å². The van der Waals surface area contributed by atoms with Gasteiger partial charge >= 0.3 is 0 Å². The number of hydrogen-bond donors (Lipinski definition) is 0. The summed E-state index contributed by atoms with van der Waals surface area (Å²) in [6, 6.07) is 6.72. The number of carbonyl (C=O) groups is 1. The fourth-order valence-corrected chi connectivity index (χ4v) is 4.35. The van der Waals surface area contributed by atoms with Gasteiger partial charge in [-0.2, -0.15) is 0 Å². The molecule has 0 saturated heterocycles. The van der Waals surface area contributed by atoms with E-state index < -0.39 is 0 Å². The summed E-state index contributed by atoms with van der Waals surface area (Å²) in [4.78, 5) is 12.1. The summed E-state index contributed by atoms with van der Waals surface area (Å²) in [7, 11) is 0. The molecule has 0 saturated carbocycles. The molecule has 1 nitrogen and oxygen atoms in total. The molecule has 1 aromatic heterocycles. The van der Waals surface area contributed by atoms with Crippen LogP contribution in [0.5, 0.6) is 0 Å². The predicted molar refractivity (Wildman–Crippen MR) is 104 cm³/mol. The van der Waals surface area contributed by atoms with Crippen LogP contribution < -0.4 is 0 Å². The second kappa shape index (κ2) is 5.70. The summed E-state index contributed by atoms with van der Waals surface area (Å²) in [6.07, 6.45) is 3.20. The molecule has 2 heteroatoms. The minimum atomic E-state index is 0.0882. The summed E-state index contributed by atoms with van der Waals surface area (Å²) < 4.78 is 0. The highest BCUT2D eigenvalue weighted by Crippen LogP contribution is 2.45. The molecular formula is C22H26OS. The van der Waals surface area contributed by atoms with Crippen LogP contribution in [0.25, 0.3) is 5.57 Å². The molecular weight excluding hydrogens is 312 g/mol. The van der Waals surface area contributed by atoms with Crippen molar-refractivity contribution in [2.45, 2.75) is 58.3 Å². The normalized spacial score (nSPS) is 16.0. The Labute approximate surface area is 149 Å². The summed E-state index contributed by atoms with van der Waals surface area (Å²) in [5.41, 5.74) is 7.69. The molecule has 0 amide bonds. The van der Waals surface area contributed by atoms with E-state index in [1.165, 1.54) is 40.0 Å². The Morgan fingerprint density at radius 1 is 1.25 bits per heavy atom. The predicted octanol–water partition coefficient (Wildman–Crippen LogP) is 6.14. The molecule has 1 heterocycles. The molecule has 0 N–H and O–H groups in total. The lowest BCUT2D eigenvalue weighted by molar-refractivity contribution is 0.112. The molecule has 0 atom stereocenters. The monoisotopic (exact) mass is 338 g/mol. The van der Waals surface area contributed by atoms with Gasteiger partial charge in [-0.25, -0.2) is 0 Å². The van der Waals surface area contributed by atoms with Crippen molar-refractivity contribution in [1.82, 2.24) is 0 Å². The Morgan fingerprint density at radius 2 is 1.96 bits per heavy atom. The molecule has 126 valence electrons. The Hall–Kier alpha value is -1.67. The molecule has 1 aliphatic carbocycles. The van der Waals surface area contributed by atoms with E-state index in [0.29, 0.717) is 0 Å². The van der Waals surface area contributed by atoms with E-state index in [9.17, 15) is 4.79 Å². The fourth-order valence-electron chi connectivity index (χ4n) is 3.63. The van der Waals surface area contributed by atoms with Gasteiger partial charge in [0.15, 0.2) is 6.29 Å². The lowest BCUT2D eigenvalue weighted by atomic mass is 9.78. The van der Waals surface area contributed by atoms with Crippen LogP contribution in [-0.4, -0.2) is 6.29 Å². The average Bonchev–Trinajstić information content (AvgIpc) is 3.09. The molecule has 24 heavy (non-hydrogen) atoms. The van der Waals surface area contributed by atoms with Gasteiger partial charge in [0.05, 0.1) is 4.88 Å². The third kappa shape index (κ3) is 2.77. The maximum absolute atomic E-state index is 11.4. The van der Waals surface area contributed by atoms with Crippen LogP contribution in [0, 0.1) is 0 Å². The largest absolute Gasteiger partial charge is 0.297 e. The first-order valence-electron chi connectivity index (χ1n) is 8.55. The first kappa shape index (κ1) is 17.2. The lowest BCUT2D eigenvalue weighted by Gasteiger charge is -2.26. The molecule has 2 aromatic rings. The number of hydrogen-bond acceptors (Lipinski definition) is 2. The van der Waals surface area contributed by atoms with E-state index in [2.05, 4.69) is 53.3 Å². The van der Waals surface area contributed by atoms with Crippen molar-refractivity contribution < 1.29 is 4.79 Å². The van der Waals surface area contributed by atoms with Gasteiger partial charge in [-0.3, -0.25) is 4.79 Å². The molecule has 0 radical (unpaired) electrons. The van der Waals surface area contributed by atoms with Crippen molar-refractivity contribution in [2.75, 3.05) is 0 Å². The van der Waals surface area contributed by atoms with Gasteiger partial charge in [-0.15, -0.1) is 11.3 Å². The summed E-state index contributed by atoms with van der Waals surface area (Å²) in [5, 5.41) is 1.97. The van der Waals surface area contributed by atoms with Crippen LogP contribution in [-0.2, 0) is 17.3 Å². The third-order valence-corrected chi connectivity index (χ3v) is 6.14. The van der Waals surface area contributed by atoms with Crippen LogP contribution in [0.4, 0.5) is 0 Å². The number of thiophene rings is 1. The minimum absolute atomic E-state index is 0.0882. The van der Waals surface area contributed by atoms with E-state index in [4.69, 9.17) is 0 Å². The van der Waals surface area contributed by atoms with Gasteiger partial charge in [-0.1, -0.05) is 53.3 Å². The highest BCUT2D eigenvalue weighted by Gasteiger charge is 2.33. The molecule has 1 aromatic carbocycles. The number of fused-ring (bicyclic) bond motifs is 1. The van der Waals surface area contributed by atoms with Gasteiger partial charge in [0.25, 0.3) is 0 Å². The smallest absolute Gasteiger partial charge is 0.160 e. The van der Waals surface area contributed by atoms with E-state index in [-0.39, 0.29) is 10.8 Å². The first-order valence-corrected chi connectivity index (χ1v) is 9.43. The second-order valence-electron chi connectivity index (χ2n) is 8.48. The van der Waals surface area contributed by atoms with Crippen LogP contribution in [0.1, 0.15) is 78.5 Å². The lowest BCUT2D eigenvalue weighted by Crippen LogP contribution is -2.17. The second-order valence-corrected chi connectivity index (χ2v) is 9.43. The van der Waals surface area contributed by atoms with Crippen LogP contribution in [0.3, 0.4) is 0 Å². The average molecular weight is 339 g/mol. The van der Waals surface area contributed by atoms with E-state index in [1.54, 1.807) is 0 Å². The highest BCUT2D eigenvalue weighted by atomic mass is 32.1. The maximum atomic E-state index is 11.4. The van der Waals surface area contributed by atoms with E-state index in [0.717, 1.165) is 28.7 Å². The molecule has 0 aliphatic heterocycles. The van der Waals surface area contributed by atoms with Gasteiger partial charge < -0.3 is 0 Å². The highest BCUT2D eigenvalue weighted by molar-refractivity contribution is 7.12. The number of aldehydes is 1. The standard InChI is InChI=1S/C22H26OS/c1-14(16-8-10-24-20(16)13-23)18-11-15(21(2,3)4)12-19-17(18)7-9-22(19,5)6/h8,10-13H,1,7,9H2,2-6H3. The Morgan fingerprint density at radius 3 is 2.58 bits per heavy atom. The Balaban J connectivity index is 2.23. The number of benzene rings is 1. The zero-order chi connectivity index (χ0) is 17.7. The van der Waals surface area contributed by atoms with E-state index in [1.807, 2.05) is 11.4 Å². The van der Waals surface area contributed by atoms with Crippen LogP contribution in [0.2, 0.25) is 0 Å². The molecule has 0 bridgehead atoms. The first-order chi connectivity index (χ1) is 11.1. The topological polar surface area (TPSA) is 17.1 Å². The molecule has 0 unspecified atom stereocenters. The zero-order valence-electron chi connectivity index (χ0n) is 15.3. The van der Waals surface area contributed by atoms with Crippen molar-refractivity contribution >= 4 is 23.2 Å². The zero-order valence-corrected chi connectivity index (χ0v) is 16.1. The fraction of sp³-hybridized carbons (Fsp3) is 0.409. The van der Waals surface area contributed by atoms with Crippen molar-refractivity contribution in [3.63, 3.8) is 0 Å². The number of rotatable bonds is 3.